The molecule has 1 N–H and O–H groups in total. The summed E-state index contributed by atoms with van der Waals surface area (Å²) in [7, 11) is 0. The van der Waals surface area contributed by atoms with Gasteiger partial charge in [-0.15, -0.1) is 0 Å². The SMILES string of the molecule is N=NC(C=S)C1CC(F)=C(C(F)(F)F)C(F)C1. The molecule has 0 aromatic rings. The Labute approximate surface area is 99.4 Å². The van der Waals surface area contributed by atoms with Crippen LogP contribution in [0.2, 0.25) is 0 Å². The first-order valence-corrected chi connectivity index (χ1v) is 5.20. The van der Waals surface area contributed by atoms with Crippen molar-refractivity contribution in [3.8, 4) is 0 Å². The van der Waals surface area contributed by atoms with E-state index >= 15 is 0 Å². The van der Waals surface area contributed by atoms with Crippen LogP contribution in [-0.4, -0.2) is 23.8 Å². The lowest BCUT2D eigenvalue weighted by Crippen LogP contribution is -2.33. The maximum atomic E-state index is 13.3. The van der Waals surface area contributed by atoms with Gasteiger partial charge in [-0.25, -0.2) is 14.3 Å². The van der Waals surface area contributed by atoms with E-state index < -0.39 is 48.5 Å². The molecular weight excluding hydrogens is 263 g/mol. The van der Waals surface area contributed by atoms with Crippen LogP contribution in [0.5, 0.6) is 0 Å². The number of thiocarbonyl (C=S) groups is 1. The molecular formula is C9H9F5N2S. The number of halogens is 5. The average molecular weight is 272 g/mol. The number of nitrogens with zero attached hydrogens (tertiary/aromatic N) is 1. The zero-order valence-corrected chi connectivity index (χ0v) is 9.29. The minimum Gasteiger partial charge on any atom is -0.242 e. The Morgan fingerprint density at radius 1 is 1.47 bits per heavy atom. The molecule has 0 aromatic carbocycles. The van der Waals surface area contributed by atoms with Gasteiger partial charge in [-0.2, -0.15) is 18.3 Å². The molecule has 1 rings (SSSR count). The largest absolute Gasteiger partial charge is 0.417 e. The van der Waals surface area contributed by atoms with E-state index in [1.807, 2.05) is 0 Å². The summed E-state index contributed by atoms with van der Waals surface area (Å²) in [6.07, 6.45) is -8.54. The lowest BCUT2D eigenvalue weighted by molar-refractivity contribution is -0.106. The van der Waals surface area contributed by atoms with Crippen molar-refractivity contribution in [2.24, 2.45) is 11.0 Å². The molecule has 0 saturated carbocycles. The molecule has 1 aliphatic rings. The molecule has 96 valence electrons. The highest BCUT2D eigenvalue weighted by atomic mass is 32.1. The molecule has 3 unspecified atom stereocenters. The summed E-state index contributed by atoms with van der Waals surface area (Å²) >= 11 is 4.51. The highest BCUT2D eigenvalue weighted by molar-refractivity contribution is 7.79. The molecule has 17 heavy (non-hydrogen) atoms. The minimum atomic E-state index is -5.00. The molecule has 2 nitrogen and oxygen atoms in total. The van der Waals surface area contributed by atoms with Crippen LogP contribution in [-0.2, 0) is 0 Å². The van der Waals surface area contributed by atoms with Gasteiger partial charge in [0.25, 0.3) is 0 Å². The summed E-state index contributed by atoms with van der Waals surface area (Å²) in [5, 5.41) is 4.08. The maximum Gasteiger partial charge on any atom is 0.417 e. The van der Waals surface area contributed by atoms with Crippen LogP contribution < -0.4 is 0 Å². The zero-order chi connectivity index (χ0) is 13.2. The lowest BCUT2D eigenvalue weighted by atomic mass is 9.83. The Morgan fingerprint density at radius 3 is 2.41 bits per heavy atom. The molecule has 0 radical (unpaired) electrons. The van der Waals surface area contributed by atoms with E-state index in [9.17, 15) is 22.0 Å². The first-order valence-electron chi connectivity index (χ1n) is 4.73. The van der Waals surface area contributed by atoms with E-state index in [4.69, 9.17) is 5.53 Å². The van der Waals surface area contributed by atoms with Gasteiger partial charge in [0, 0.05) is 11.8 Å². The predicted octanol–water partition coefficient (Wildman–Crippen LogP) is 3.92. The van der Waals surface area contributed by atoms with Crippen LogP contribution in [0.3, 0.4) is 0 Å². The molecule has 0 heterocycles. The first-order chi connectivity index (χ1) is 7.81. The van der Waals surface area contributed by atoms with Crippen molar-refractivity contribution in [2.75, 3.05) is 0 Å². The maximum absolute atomic E-state index is 13.3. The molecule has 8 heteroatoms. The van der Waals surface area contributed by atoms with Gasteiger partial charge in [0.1, 0.15) is 18.0 Å². The van der Waals surface area contributed by atoms with Crippen LogP contribution >= 0.6 is 12.2 Å². The average Bonchev–Trinajstić information content (AvgIpc) is 2.16. The fourth-order valence-corrected chi connectivity index (χ4v) is 2.10. The second-order valence-electron chi connectivity index (χ2n) is 3.74. The van der Waals surface area contributed by atoms with Crippen LogP contribution in [0.25, 0.3) is 0 Å². The molecule has 0 fully saturated rings. The summed E-state index contributed by atoms with van der Waals surface area (Å²) < 4.78 is 63.5. The monoisotopic (exact) mass is 272 g/mol. The van der Waals surface area contributed by atoms with Crippen molar-refractivity contribution in [3.05, 3.63) is 11.4 Å². The third kappa shape index (κ3) is 3.05. The van der Waals surface area contributed by atoms with Crippen molar-refractivity contribution in [3.63, 3.8) is 0 Å². The van der Waals surface area contributed by atoms with Gasteiger partial charge in [-0.05, 0) is 12.3 Å². The molecule has 0 amide bonds. The predicted molar refractivity (Wildman–Crippen MR) is 54.4 cm³/mol. The Morgan fingerprint density at radius 2 is 2.06 bits per heavy atom. The zero-order valence-electron chi connectivity index (χ0n) is 8.47. The van der Waals surface area contributed by atoms with Gasteiger partial charge in [-0.1, -0.05) is 12.2 Å². The quantitative estimate of drug-likeness (QED) is 0.472. The number of alkyl halides is 4. The molecule has 0 saturated heterocycles. The van der Waals surface area contributed by atoms with E-state index in [1.54, 1.807) is 0 Å². The number of nitrogens with one attached hydrogen (secondary N) is 1. The molecule has 0 aliphatic heterocycles. The third-order valence-corrected chi connectivity index (χ3v) is 2.91. The van der Waals surface area contributed by atoms with Gasteiger partial charge >= 0.3 is 6.18 Å². The van der Waals surface area contributed by atoms with Crippen LogP contribution in [0.4, 0.5) is 22.0 Å². The van der Waals surface area contributed by atoms with Gasteiger partial charge < -0.3 is 0 Å². The van der Waals surface area contributed by atoms with E-state index in [0.29, 0.717) is 0 Å². The normalized spacial score (nSPS) is 27.8. The molecule has 0 spiro atoms. The number of rotatable bonds is 3. The summed E-state index contributed by atoms with van der Waals surface area (Å²) in [6.45, 7) is 0. The second kappa shape index (κ2) is 5.16. The Hall–Kier alpha value is -0.920. The van der Waals surface area contributed by atoms with Crippen molar-refractivity contribution < 1.29 is 22.0 Å². The number of allylic oxidation sites excluding steroid dienone is 2. The van der Waals surface area contributed by atoms with Gasteiger partial charge in [0.2, 0.25) is 0 Å². The highest BCUT2D eigenvalue weighted by Gasteiger charge is 2.46. The van der Waals surface area contributed by atoms with E-state index in [2.05, 4.69) is 17.3 Å². The molecule has 0 bridgehead atoms. The van der Waals surface area contributed by atoms with Gasteiger partial charge in [0.15, 0.2) is 0 Å². The summed E-state index contributed by atoms with van der Waals surface area (Å²) in [6, 6.07) is -0.927. The Balaban J connectivity index is 2.98. The van der Waals surface area contributed by atoms with Crippen molar-refractivity contribution in [1.29, 1.82) is 5.53 Å². The van der Waals surface area contributed by atoms with Crippen molar-refractivity contribution in [2.45, 2.75) is 31.2 Å². The van der Waals surface area contributed by atoms with Crippen LogP contribution in [0.15, 0.2) is 16.5 Å². The third-order valence-electron chi connectivity index (χ3n) is 2.63. The summed E-state index contributed by atoms with van der Waals surface area (Å²) in [5.74, 6) is -2.35. The van der Waals surface area contributed by atoms with Crippen molar-refractivity contribution >= 4 is 17.6 Å². The van der Waals surface area contributed by atoms with E-state index in [1.165, 1.54) is 0 Å². The fourth-order valence-electron chi connectivity index (χ4n) is 1.82. The van der Waals surface area contributed by atoms with Crippen LogP contribution in [0.1, 0.15) is 12.8 Å². The first kappa shape index (κ1) is 14.1. The van der Waals surface area contributed by atoms with Crippen LogP contribution in [0, 0.1) is 11.4 Å². The number of hydrogen-bond donors (Lipinski definition) is 1. The van der Waals surface area contributed by atoms with E-state index in [-0.39, 0.29) is 0 Å². The lowest BCUT2D eigenvalue weighted by Gasteiger charge is -2.29. The standard InChI is InChI=1S/C9H9F5N2S/c10-5-1-4(7(3-17)16-15)2-6(11)8(5)9(12,13)14/h3-5,7,15H,1-2H2. The second-order valence-corrected chi connectivity index (χ2v) is 4.01. The molecule has 1 aliphatic carbocycles. The molecule has 3 atom stereocenters. The highest BCUT2D eigenvalue weighted by Crippen LogP contribution is 2.42. The minimum absolute atomic E-state index is 0.525. The van der Waals surface area contributed by atoms with Gasteiger partial charge in [0.05, 0.1) is 5.57 Å². The Kier molecular flexibility index (Phi) is 4.29. The van der Waals surface area contributed by atoms with Gasteiger partial charge in [-0.3, -0.25) is 0 Å². The fraction of sp³-hybridized carbons (Fsp3) is 0.667. The Bertz CT molecular complexity index is 344. The van der Waals surface area contributed by atoms with Crippen molar-refractivity contribution in [1.82, 2.24) is 0 Å². The molecule has 0 aromatic heterocycles. The summed E-state index contributed by atoms with van der Waals surface area (Å²) in [4.78, 5) is 0. The number of hydrogen-bond acceptors (Lipinski definition) is 3. The van der Waals surface area contributed by atoms with E-state index in [0.717, 1.165) is 5.37 Å². The smallest absolute Gasteiger partial charge is 0.242 e. The topological polar surface area (TPSA) is 36.2 Å². The summed E-state index contributed by atoms with van der Waals surface area (Å²) in [5.41, 5.74) is 5.00.